The lowest BCUT2D eigenvalue weighted by Gasteiger charge is -2.36. The minimum absolute atomic E-state index is 0.0817. The quantitative estimate of drug-likeness (QED) is 0.700. The summed E-state index contributed by atoms with van der Waals surface area (Å²) < 4.78 is 5.18. The van der Waals surface area contributed by atoms with Crippen LogP contribution in [0.1, 0.15) is 16.8 Å². The number of ether oxygens (including phenoxy) is 1. The van der Waals surface area contributed by atoms with Crippen molar-refractivity contribution in [2.75, 3.05) is 43.9 Å². The summed E-state index contributed by atoms with van der Waals surface area (Å²) in [6.07, 6.45) is 0. The lowest BCUT2D eigenvalue weighted by atomic mass is 10.1. The molecule has 1 aromatic carbocycles. The van der Waals surface area contributed by atoms with E-state index in [1.807, 2.05) is 36.1 Å². The largest absolute Gasteiger partial charge is 0.380 e. The van der Waals surface area contributed by atoms with E-state index in [4.69, 9.17) is 4.74 Å². The van der Waals surface area contributed by atoms with Gasteiger partial charge in [-0.05, 0) is 30.7 Å². The van der Waals surface area contributed by atoms with Crippen LogP contribution in [0.2, 0.25) is 0 Å². The van der Waals surface area contributed by atoms with Crippen molar-refractivity contribution in [3.8, 4) is 6.07 Å². The van der Waals surface area contributed by atoms with Gasteiger partial charge in [-0.1, -0.05) is 30.0 Å². The average Bonchev–Trinajstić information content (AvgIpc) is 2.73. The number of thioether (sulfide) groups is 1. The number of piperazine rings is 1. The Balaban J connectivity index is 1.59. The number of para-hydroxylation sites is 1. The third kappa shape index (κ3) is 4.83. The van der Waals surface area contributed by atoms with E-state index in [1.165, 1.54) is 17.4 Å². The van der Waals surface area contributed by atoms with Crippen LogP contribution >= 0.6 is 11.8 Å². The normalized spacial score (nSPS) is 14.0. The first-order valence-corrected chi connectivity index (χ1v) is 10.2. The molecule has 1 amide bonds. The molecule has 1 aromatic heterocycles. The fourth-order valence-electron chi connectivity index (χ4n) is 3.28. The summed E-state index contributed by atoms with van der Waals surface area (Å²) in [6, 6.07) is 14.3. The first-order chi connectivity index (χ1) is 13.6. The van der Waals surface area contributed by atoms with E-state index in [2.05, 4.69) is 28.1 Å². The second kappa shape index (κ2) is 9.58. The number of carbonyl (C=O) groups excluding carboxylic acids is 1. The fraction of sp³-hybridized carbons (Fsp3) is 0.381. The Morgan fingerprint density at radius 3 is 2.61 bits per heavy atom. The number of rotatable bonds is 6. The predicted octanol–water partition coefficient (Wildman–Crippen LogP) is 2.85. The highest BCUT2D eigenvalue weighted by Gasteiger charge is 2.22. The number of benzene rings is 1. The van der Waals surface area contributed by atoms with Gasteiger partial charge in [-0.15, -0.1) is 0 Å². The maximum atomic E-state index is 12.7. The lowest BCUT2D eigenvalue weighted by Crippen LogP contribution is -2.49. The number of nitrogens with zero attached hydrogens (tertiary/aromatic N) is 4. The molecule has 1 aliphatic heterocycles. The molecule has 0 unspecified atom stereocenters. The van der Waals surface area contributed by atoms with Crippen LogP contribution in [0, 0.1) is 18.3 Å². The monoisotopic (exact) mass is 396 g/mol. The molecule has 3 rings (SSSR count). The van der Waals surface area contributed by atoms with Gasteiger partial charge in [0.05, 0.1) is 17.9 Å². The third-order valence-electron chi connectivity index (χ3n) is 4.69. The number of methoxy groups -OCH3 is 1. The van der Waals surface area contributed by atoms with Crippen LogP contribution in [0.4, 0.5) is 5.69 Å². The fourth-order valence-corrected chi connectivity index (χ4v) is 4.25. The first kappa shape index (κ1) is 20.2. The molecule has 6 nitrogen and oxygen atoms in total. The van der Waals surface area contributed by atoms with Gasteiger partial charge >= 0.3 is 0 Å². The van der Waals surface area contributed by atoms with Crippen molar-refractivity contribution in [1.29, 1.82) is 5.26 Å². The summed E-state index contributed by atoms with van der Waals surface area (Å²) in [7, 11) is 1.60. The van der Waals surface area contributed by atoms with Crippen LogP contribution in [-0.2, 0) is 16.1 Å². The van der Waals surface area contributed by atoms with Gasteiger partial charge in [0, 0.05) is 44.7 Å². The van der Waals surface area contributed by atoms with Gasteiger partial charge in [0.15, 0.2) is 0 Å². The van der Waals surface area contributed by atoms with Crippen LogP contribution in [0.25, 0.3) is 0 Å². The van der Waals surface area contributed by atoms with Crippen molar-refractivity contribution in [1.82, 2.24) is 9.88 Å². The van der Waals surface area contributed by atoms with E-state index in [0.717, 1.165) is 24.3 Å². The van der Waals surface area contributed by atoms with Crippen molar-refractivity contribution < 1.29 is 9.53 Å². The number of hydrogen-bond acceptors (Lipinski definition) is 6. The first-order valence-electron chi connectivity index (χ1n) is 9.22. The summed E-state index contributed by atoms with van der Waals surface area (Å²) >= 11 is 1.33. The second-order valence-corrected chi connectivity index (χ2v) is 7.60. The second-order valence-electron chi connectivity index (χ2n) is 6.64. The molecule has 146 valence electrons. The standard InChI is InChI=1S/C21H24N4O2S/c1-16-12-17(14-27-2)19(13-22)21(23-16)28-15-20(26)25-10-8-24(9-11-25)18-6-4-3-5-7-18/h3-7,12H,8-11,14-15H2,1-2H3. The van der Waals surface area contributed by atoms with Crippen molar-refractivity contribution >= 4 is 23.4 Å². The van der Waals surface area contributed by atoms with Crippen molar-refractivity contribution in [3.63, 3.8) is 0 Å². The number of aryl methyl sites for hydroxylation is 1. The molecule has 2 heterocycles. The number of amides is 1. The van der Waals surface area contributed by atoms with Gasteiger partial charge in [-0.25, -0.2) is 4.98 Å². The number of pyridine rings is 1. The zero-order valence-electron chi connectivity index (χ0n) is 16.2. The van der Waals surface area contributed by atoms with Gasteiger partial charge in [0.2, 0.25) is 5.91 Å². The van der Waals surface area contributed by atoms with Gasteiger partial charge in [0.25, 0.3) is 0 Å². The van der Waals surface area contributed by atoms with Gasteiger partial charge in [-0.3, -0.25) is 4.79 Å². The Morgan fingerprint density at radius 1 is 1.25 bits per heavy atom. The topological polar surface area (TPSA) is 69.5 Å². The number of nitriles is 1. The van der Waals surface area contributed by atoms with E-state index < -0.39 is 0 Å². The highest BCUT2D eigenvalue weighted by Crippen LogP contribution is 2.25. The molecule has 1 fully saturated rings. The van der Waals surface area contributed by atoms with Crippen LogP contribution in [0.5, 0.6) is 0 Å². The van der Waals surface area contributed by atoms with Crippen molar-refractivity contribution in [2.24, 2.45) is 0 Å². The highest BCUT2D eigenvalue weighted by atomic mass is 32.2. The SMILES string of the molecule is COCc1cc(C)nc(SCC(=O)N2CCN(c3ccccc3)CC2)c1C#N. The average molecular weight is 397 g/mol. The zero-order chi connectivity index (χ0) is 19.9. The molecule has 0 saturated carbocycles. The molecular formula is C21H24N4O2S. The number of hydrogen-bond donors (Lipinski definition) is 0. The lowest BCUT2D eigenvalue weighted by molar-refractivity contribution is -0.128. The van der Waals surface area contributed by atoms with Crippen LogP contribution in [-0.4, -0.2) is 54.8 Å². The molecule has 0 spiro atoms. The van der Waals surface area contributed by atoms with Crippen molar-refractivity contribution in [3.05, 3.63) is 53.2 Å². The van der Waals surface area contributed by atoms with Crippen molar-refractivity contribution in [2.45, 2.75) is 18.6 Å². The van der Waals surface area contributed by atoms with E-state index in [9.17, 15) is 10.1 Å². The summed E-state index contributed by atoms with van der Waals surface area (Å²) in [5.74, 6) is 0.362. The summed E-state index contributed by atoms with van der Waals surface area (Å²) in [4.78, 5) is 21.3. The van der Waals surface area contributed by atoms with Crippen LogP contribution in [0.15, 0.2) is 41.4 Å². The predicted molar refractivity (Wildman–Crippen MR) is 110 cm³/mol. The third-order valence-corrected chi connectivity index (χ3v) is 5.65. The molecule has 0 aliphatic carbocycles. The Labute approximate surface area is 170 Å². The molecule has 0 N–H and O–H groups in total. The Kier molecular flexibility index (Phi) is 6.90. The summed E-state index contributed by atoms with van der Waals surface area (Å²) in [5, 5.41) is 10.1. The number of aromatic nitrogens is 1. The minimum Gasteiger partial charge on any atom is -0.380 e. The molecule has 28 heavy (non-hydrogen) atoms. The molecule has 0 radical (unpaired) electrons. The van der Waals surface area contributed by atoms with Crippen LogP contribution in [0.3, 0.4) is 0 Å². The molecule has 2 aromatic rings. The van der Waals surface area contributed by atoms with Gasteiger partial charge in [-0.2, -0.15) is 5.26 Å². The molecule has 1 saturated heterocycles. The Hall–Kier alpha value is -2.56. The summed E-state index contributed by atoms with van der Waals surface area (Å²) in [6.45, 7) is 5.30. The number of anilines is 1. The van der Waals surface area contributed by atoms with Crippen LogP contribution < -0.4 is 4.90 Å². The Bertz CT molecular complexity index is 859. The maximum Gasteiger partial charge on any atom is 0.233 e. The molecular weight excluding hydrogens is 372 g/mol. The summed E-state index contributed by atoms with van der Waals surface area (Å²) in [5.41, 5.74) is 3.32. The molecule has 0 bridgehead atoms. The molecule has 0 atom stereocenters. The maximum absolute atomic E-state index is 12.7. The van der Waals surface area contributed by atoms with E-state index in [1.54, 1.807) is 7.11 Å². The van der Waals surface area contributed by atoms with Gasteiger partial charge < -0.3 is 14.5 Å². The zero-order valence-corrected chi connectivity index (χ0v) is 17.0. The van der Waals surface area contributed by atoms with Gasteiger partial charge in [0.1, 0.15) is 11.1 Å². The highest BCUT2D eigenvalue weighted by molar-refractivity contribution is 8.00. The van der Waals surface area contributed by atoms with E-state index in [0.29, 0.717) is 30.3 Å². The smallest absolute Gasteiger partial charge is 0.233 e. The van der Waals surface area contributed by atoms with E-state index in [-0.39, 0.29) is 11.7 Å². The van der Waals surface area contributed by atoms with E-state index >= 15 is 0 Å². The number of carbonyl (C=O) groups is 1. The molecule has 7 heteroatoms. The Morgan fingerprint density at radius 2 is 1.96 bits per heavy atom. The minimum atomic E-state index is 0.0817. The molecule has 1 aliphatic rings.